The lowest BCUT2D eigenvalue weighted by Gasteiger charge is -2.13. The molecule has 2 heteroatoms. The van der Waals surface area contributed by atoms with Gasteiger partial charge in [0.15, 0.2) is 5.78 Å². The van der Waals surface area contributed by atoms with Gasteiger partial charge in [0.1, 0.15) is 0 Å². The van der Waals surface area contributed by atoms with Crippen molar-refractivity contribution in [2.24, 2.45) is 0 Å². The van der Waals surface area contributed by atoms with Crippen LogP contribution in [0.15, 0.2) is 11.8 Å². The van der Waals surface area contributed by atoms with Crippen LogP contribution in [0.25, 0.3) is 0 Å². The molecule has 0 heterocycles. The van der Waals surface area contributed by atoms with Gasteiger partial charge < -0.3 is 5.32 Å². The molecule has 0 bridgehead atoms. The third-order valence-electron chi connectivity index (χ3n) is 2.72. The number of hydrogen-bond donors (Lipinski definition) is 1. The van der Waals surface area contributed by atoms with Gasteiger partial charge in [0, 0.05) is 24.2 Å². The fourth-order valence-electron chi connectivity index (χ4n) is 2.04. The summed E-state index contributed by atoms with van der Waals surface area (Å²) in [6.07, 6.45) is 8.69. The predicted octanol–water partition coefficient (Wildman–Crippen LogP) is 1.77. The Morgan fingerprint density at radius 2 is 2.00 bits per heavy atom. The summed E-state index contributed by atoms with van der Waals surface area (Å²) in [6.45, 7) is 0. The van der Waals surface area contributed by atoms with Gasteiger partial charge in [-0.2, -0.15) is 0 Å². The second kappa shape index (κ2) is 3.30. The van der Waals surface area contributed by atoms with Gasteiger partial charge in [0.05, 0.1) is 0 Å². The molecule has 2 rings (SSSR count). The summed E-state index contributed by atoms with van der Waals surface area (Å²) < 4.78 is 0. The van der Waals surface area contributed by atoms with E-state index in [-0.39, 0.29) is 5.78 Å². The van der Waals surface area contributed by atoms with E-state index >= 15 is 0 Å². The first-order chi connectivity index (χ1) is 5.84. The highest BCUT2D eigenvalue weighted by atomic mass is 16.1. The van der Waals surface area contributed by atoms with Crippen LogP contribution in [0.3, 0.4) is 0 Å². The fourth-order valence-corrected chi connectivity index (χ4v) is 2.04. The van der Waals surface area contributed by atoms with Crippen molar-refractivity contribution in [2.75, 3.05) is 0 Å². The van der Waals surface area contributed by atoms with E-state index in [0.717, 1.165) is 12.8 Å². The highest BCUT2D eigenvalue weighted by Crippen LogP contribution is 2.21. The molecule has 0 aromatic carbocycles. The van der Waals surface area contributed by atoms with Gasteiger partial charge in [-0.25, -0.2) is 0 Å². The molecule has 0 saturated heterocycles. The molecular weight excluding hydrogens is 150 g/mol. The summed E-state index contributed by atoms with van der Waals surface area (Å²) in [6, 6.07) is 0.655. The lowest BCUT2D eigenvalue weighted by molar-refractivity contribution is -0.114. The standard InChI is InChI=1S/C10H15NO/c12-10-6-5-9(7-10)11-8-3-1-2-4-8/h7-8,11H,1-6H2. The minimum atomic E-state index is 0.287. The molecule has 0 radical (unpaired) electrons. The zero-order chi connectivity index (χ0) is 8.39. The average molecular weight is 165 g/mol. The number of ketones is 1. The first-order valence-corrected chi connectivity index (χ1v) is 4.84. The second-order valence-electron chi connectivity index (χ2n) is 3.76. The number of hydrogen-bond acceptors (Lipinski definition) is 2. The molecule has 1 saturated carbocycles. The van der Waals surface area contributed by atoms with Crippen molar-refractivity contribution in [1.29, 1.82) is 0 Å². The second-order valence-corrected chi connectivity index (χ2v) is 3.76. The highest BCUT2D eigenvalue weighted by Gasteiger charge is 2.18. The molecular formula is C10H15NO. The molecule has 0 atom stereocenters. The fraction of sp³-hybridized carbons (Fsp3) is 0.700. The summed E-state index contributed by atoms with van der Waals surface area (Å²) in [4.78, 5) is 10.9. The smallest absolute Gasteiger partial charge is 0.157 e. The Balaban J connectivity index is 1.86. The zero-order valence-electron chi connectivity index (χ0n) is 7.31. The molecule has 0 amide bonds. The summed E-state index contributed by atoms with van der Waals surface area (Å²) in [5.74, 6) is 0.287. The summed E-state index contributed by atoms with van der Waals surface area (Å²) in [5.41, 5.74) is 1.17. The Kier molecular flexibility index (Phi) is 2.15. The van der Waals surface area contributed by atoms with Crippen molar-refractivity contribution >= 4 is 5.78 Å². The molecule has 1 fully saturated rings. The lowest BCUT2D eigenvalue weighted by Crippen LogP contribution is -2.24. The maximum Gasteiger partial charge on any atom is 0.157 e. The maximum atomic E-state index is 10.9. The maximum absolute atomic E-state index is 10.9. The van der Waals surface area contributed by atoms with Crippen LogP contribution in [0.4, 0.5) is 0 Å². The molecule has 66 valence electrons. The van der Waals surface area contributed by atoms with Crippen LogP contribution in [-0.2, 0) is 4.79 Å². The van der Waals surface area contributed by atoms with E-state index in [4.69, 9.17) is 0 Å². The first kappa shape index (κ1) is 7.84. The van der Waals surface area contributed by atoms with Gasteiger partial charge in [0.2, 0.25) is 0 Å². The van der Waals surface area contributed by atoms with Gasteiger partial charge >= 0.3 is 0 Å². The SMILES string of the molecule is O=C1C=C(NC2CCCC2)CC1. The zero-order valence-corrected chi connectivity index (χ0v) is 7.31. The number of carbonyl (C=O) groups is 1. The van der Waals surface area contributed by atoms with E-state index in [2.05, 4.69) is 5.32 Å². The van der Waals surface area contributed by atoms with Crippen LogP contribution in [0, 0.1) is 0 Å². The van der Waals surface area contributed by atoms with Crippen molar-refractivity contribution in [2.45, 2.75) is 44.6 Å². The molecule has 2 aliphatic carbocycles. The van der Waals surface area contributed by atoms with Gasteiger partial charge in [-0.3, -0.25) is 4.79 Å². The minimum absolute atomic E-state index is 0.287. The van der Waals surface area contributed by atoms with Crippen LogP contribution >= 0.6 is 0 Å². The Labute approximate surface area is 73.0 Å². The van der Waals surface area contributed by atoms with E-state index in [9.17, 15) is 4.79 Å². The van der Waals surface area contributed by atoms with E-state index in [1.54, 1.807) is 6.08 Å². The Hall–Kier alpha value is -0.790. The molecule has 0 aromatic heterocycles. The van der Waals surface area contributed by atoms with Crippen LogP contribution in [-0.4, -0.2) is 11.8 Å². The molecule has 1 N–H and O–H groups in total. The van der Waals surface area contributed by atoms with Crippen molar-refractivity contribution in [3.05, 3.63) is 11.8 Å². The number of allylic oxidation sites excluding steroid dienone is 2. The van der Waals surface area contributed by atoms with Gasteiger partial charge in [-0.15, -0.1) is 0 Å². The van der Waals surface area contributed by atoms with E-state index in [1.165, 1.54) is 31.4 Å². The number of rotatable bonds is 2. The minimum Gasteiger partial charge on any atom is -0.385 e. The topological polar surface area (TPSA) is 29.1 Å². The van der Waals surface area contributed by atoms with Crippen LogP contribution in [0.1, 0.15) is 38.5 Å². The molecule has 0 aromatic rings. The van der Waals surface area contributed by atoms with Crippen LogP contribution in [0.2, 0.25) is 0 Å². The molecule has 2 nitrogen and oxygen atoms in total. The van der Waals surface area contributed by atoms with Gasteiger partial charge in [0.25, 0.3) is 0 Å². The average Bonchev–Trinajstić information content (AvgIpc) is 2.63. The number of nitrogens with one attached hydrogen (secondary N) is 1. The summed E-state index contributed by atoms with van der Waals surface area (Å²) in [5, 5.41) is 3.45. The number of carbonyl (C=O) groups excluding carboxylic acids is 1. The normalized spacial score (nSPS) is 24.7. The van der Waals surface area contributed by atoms with Gasteiger partial charge in [-0.1, -0.05) is 12.8 Å². The van der Waals surface area contributed by atoms with Crippen LogP contribution < -0.4 is 5.32 Å². The van der Waals surface area contributed by atoms with E-state index in [1.807, 2.05) is 0 Å². The molecule has 0 aliphatic heterocycles. The van der Waals surface area contributed by atoms with Crippen molar-refractivity contribution < 1.29 is 4.79 Å². The Bertz CT molecular complexity index is 214. The third kappa shape index (κ3) is 1.68. The first-order valence-electron chi connectivity index (χ1n) is 4.84. The Morgan fingerprint density at radius 3 is 2.58 bits per heavy atom. The quantitative estimate of drug-likeness (QED) is 0.675. The third-order valence-corrected chi connectivity index (χ3v) is 2.72. The summed E-state index contributed by atoms with van der Waals surface area (Å²) >= 11 is 0. The molecule has 2 aliphatic rings. The molecule has 0 unspecified atom stereocenters. The van der Waals surface area contributed by atoms with Crippen molar-refractivity contribution in [1.82, 2.24) is 5.32 Å². The van der Waals surface area contributed by atoms with E-state index < -0.39 is 0 Å². The van der Waals surface area contributed by atoms with Crippen LogP contribution in [0.5, 0.6) is 0 Å². The summed E-state index contributed by atoms with van der Waals surface area (Å²) in [7, 11) is 0. The predicted molar refractivity (Wildman–Crippen MR) is 47.7 cm³/mol. The lowest BCUT2D eigenvalue weighted by atomic mass is 10.2. The molecule has 0 spiro atoms. The van der Waals surface area contributed by atoms with Crippen molar-refractivity contribution in [3.63, 3.8) is 0 Å². The largest absolute Gasteiger partial charge is 0.385 e. The monoisotopic (exact) mass is 165 g/mol. The van der Waals surface area contributed by atoms with Crippen molar-refractivity contribution in [3.8, 4) is 0 Å². The highest BCUT2D eigenvalue weighted by molar-refractivity contribution is 5.92. The van der Waals surface area contributed by atoms with E-state index in [0.29, 0.717) is 6.04 Å². The molecule has 12 heavy (non-hydrogen) atoms. The Morgan fingerprint density at radius 1 is 1.25 bits per heavy atom. The van der Waals surface area contributed by atoms with Gasteiger partial charge in [-0.05, 0) is 19.3 Å².